The van der Waals surface area contributed by atoms with Crippen LogP contribution in [0.2, 0.25) is 0 Å². The summed E-state index contributed by atoms with van der Waals surface area (Å²) < 4.78 is 14.0. The van der Waals surface area contributed by atoms with Gasteiger partial charge in [0, 0.05) is 43.4 Å². The number of hydrogen-bond acceptors (Lipinski definition) is 3. The number of nitrogens with one attached hydrogen (secondary N) is 1. The molecule has 3 amide bonds. The maximum absolute atomic E-state index is 14.0. The summed E-state index contributed by atoms with van der Waals surface area (Å²) in [4.78, 5) is 40.2. The highest BCUT2D eigenvalue weighted by Crippen LogP contribution is 2.27. The van der Waals surface area contributed by atoms with Gasteiger partial charge in [-0.05, 0) is 30.2 Å². The number of carbonyl (C=O) groups excluding carboxylic acids is 3. The number of rotatable bonds is 4. The predicted molar refractivity (Wildman–Crippen MR) is 101 cm³/mol. The Bertz CT molecular complexity index is 975. The second-order valence-corrected chi connectivity index (χ2v) is 7.19. The van der Waals surface area contributed by atoms with Gasteiger partial charge in [-0.25, -0.2) is 4.39 Å². The van der Waals surface area contributed by atoms with Gasteiger partial charge in [0.2, 0.25) is 11.8 Å². The van der Waals surface area contributed by atoms with E-state index in [1.165, 1.54) is 11.0 Å². The summed E-state index contributed by atoms with van der Waals surface area (Å²) in [5.74, 6) is -0.985. The van der Waals surface area contributed by atoms with Crippen molar-refractivity contribution in [1.82, 2.24) is 9.80 Å². The summed E-state index contributed by atoms with van der Waals surface area (Å²) in [7, 11) is 1.73. The SMILES string of the molecule is CN1Cc2ccc(NC(=O)C3CCC(=O)N3Cc3ccccc3F)cc2C1=O. The average molecular weight is 381 g/mol. The molecule has 2 aliphatic rings. The van der Waals surface area contributed by atoms with E-state index in [9.17, 15) is 18.8 Å². The number of likely N-dealkylation sites (tertiary alicyclic amines) is 1. The van der Waals surface area contributed by atoms with Crippen LogP contribution in [0.3, 0.4) is 0 Å². The molecule has 2 aromatic carbocycles. The minimum absolute atomic E-state index is 0.0526. The van der Waals surface area contributed by atoms with Crippen LogP contribution in [-0.4, -0.2) is 40.6 Å². The third-order valence-corrected chi connectivity index (χ3v) is 5.29. The van der Waals surface area contributed by atoms with Gasteiger partial charge in [-0.2, -0.15) is 0 Å². The molecule has 1 atom stereocenters. The highest BCUT2D eigenvalue weighted by atomic mass is 19.1. The minimum atomic E-state index is -0.668. The Kier molecular flexibility index (Phi) is 4.58. The summed E-state index contributed by atoms with van der Waals surface area (Å²) in [6.45, 7) is 0.604. The van der Waals surface area contributed by atoms with E-state index in [4.69, 9.17) is 0 Å². The second-order valence-electron chi connectivity index (χ2n) is 7.19. The molecule has 2 aliphatic heterocycles. The van der Waals surface area contributed by atoms with Crippen LogP contribution >= 0.6 is 0 Å². The van der Waals surface area contributed by atoms with Gasteiger partial charge in [-0.1, -0.05) is 24.3 Å². The number of fused-ring (bicyclic) bond motifs is 1. The van der Waals surface area contributed by atoms with Crippen LogP contribution < -0.4 is 5.32 Å². The number of benzene rings is 2. The van der Waals surface area contributed by atoms with Crippen LogP contribution in [0.25, 0.3) is 0 Å². The van der Waals surface area contributed by atoms with E-state index >= 15 is 0 Å². The van der Waals surface area contributed by atoms with Crippen molar-refractivity contribution in [3.05, 3.63) is 65.0 Å². The number of nitrogens with zero attached hydrogens (tertiary/aromatic N) is 2. The summed E-state index contributed by atoms with van der Waals surface area (Å²) in [5, 5.41) is 2.80. The van der Waals surface area contributed by atoms with Crippen molar-refractivity contribution in [2.45, 2.75) is 32.0 Å². The Hall–Kier alpha value is -3.22. The summed E-state index contributed by atoms with van der Waals surface area (Å²) in [5.41, 5.74) is 2.38. The predicted octanol–water partition coefficient (Wildman–Crippen LogP) is 2.54. The molecule has 1 N–H and O–H groups in total. The highest BCUT2D eigenvalue weighted by molar-refractivity contribution is 6.02. The molecule has 144 valence electrons. The van der Waals surface area contributed by atoms with Gasteiger partial charge in [0.25, 0.3) is 5.91 Å². The van der Waals surface area contributed by atoms with E-state index < -0.39 is 11.9 Å². The van der Waals surface area contributed by atoms with Gasteiger partial charge in [0.05, 0.1) is 0 Å². The molecule has 28 heavy (non-hydrogen) atoms. The van der Waals surface area contributed by atoms with E-state index in [1.54, 1.807) is 42.3 Å². The van der Waals surface area contributed by atoms with E-state index in [2.05, 4.69) is 5.32 Å². The molecule has 2 heterocycles. The molecule has 1 fully saturated rings. The minimum Gasteiger partial charge on any atom is -0.337 e. The molecule has 1 saturated heterocycles. The topological polar surface area (TPSA) is 69.7 Å². The molecule has 0 saturated carbocycles. The number of halogens is 1. The molecule has 0 aliphatic carbocycles. The molecule has 4 rings (SSSR count). The summed E-state index contributed by atoms with van der Waals surface area (Å²) in [6.07, 6.45) is 0.631. The fraction of sp³-hybridized carbons (Fsp3) is 0.286. The summed E-state index contributed by atoms with van der Waals surface area (Å²) >= 11 is 0. The van der Waals surface area contributed by atoms with E-state index in [-0.39, 0.29) is 30.7 Å². The largest absolute Gasteiger partial charge is 0.337 e. The van der Waals surface area contributed by atoms with Crippen molar-refractivity contribution in [2.24, 2.45) is 0 Å². The van der Waals surface area contributed by atoms with Crippen molar-refractivity contribution >= 4 is 23.4 Å². The zero-order valence-electron chi connectivity index (χ0n) is 15.4. The van der Waals surface area contributed by atoms with Crippen molar-refractivity contribution in [2.75, 3.05) is 12.4 Å². The van der Waals surface area contributed by atoms with Crippen molar-refractivity contribution in [3.63, 3.8) is 0 Å². The molecule has 0 bridgehead atoms. The van der Waals surface area contributed by atoms with Gasteiger partial charge in [-0.15, -0.1) is 0 Å². The first kappa shape index (κ1) is 18.2. The Balaban J connectivity index is 1.50. The lowest BCUT2D eigenvalue weighted by molar-refractivity contribution is -0.133. The lowest BCUT2D eigenvalue weighted by Crippen LogP contribution is -2.41. The van der Waals surface area contributed by atoms with Crippen LogP contribution in [0.5, 0.6) is 0 Å². The fourth-order valence-electron chi connectivity index (χ4n) is 3.76. The van der Waals surface area contributed by atoms with Crippen molar-refractivity contribution in [1.29, 1.82) is 0 Å². The molecule has 1 unspecified atom stereocenters. The maximum Gasteiger partial charge on any atom is 0.254 e. The fourth-order valence-corrected chi connectivity index (χ4v) is 3.76. The first-order valence-corrected chi connectivity index (χ1v) is 9.16. The third-order valence-electron chi connectivity index (χ3n) is 5.29. The van der Waals surface area contributed by atoms with Gasteiger partial charge in [0.1, 0.15) is 11.9 Å². The quantitative estimate of drug-likeness (QED) is 0.885. The molecule has 7 heteroatoms. The van der Waals surface area contributed by atoms with Crippen molar-refractivity contribution in [3.8, 4) is 0 Å². The molecule has 0 spiro atoms. The third kappa shape index (κ3) is 3.24. The van der Waals surface area contributed by atoms with E-state index in [1.807, 2.05) is 6.07 Å². The van der Waals surface area contributed by atoms with Crippen LogP contribution in [0.4, 0.5) is 10.1 Å². The second kappa shape index (κ2) is 7.07. The molecular formula is C21H20FN3O3. The number of carbonyl (C=O) groups is 3. The Morgan fingerprint density at radius 2 is 2.00 bits per heavy atom. The van der Waals surface area contributed by atoms with E-state index in [0.717, 1.165) is 5.56 Å². The monoisotopic (exact) mass is 381 g/mol. The zero-order valence-corrected chi connectivity index (χ0v) is 15.4. The maximum atomic E-state index is 14.0. The average Bonchev–Trinajstić information content (AvgIpc) is 3.17. The number of amides is 3. The van der Waals surface area contributed by atoms with Gasteiger partial charge >= 0.3 is 0 Å². The first-order chi connectivity index (χ1) is 13.4. The van der Waals surface area contributed by atoms with Crippen LogP contribution in [0.1, 0.15) is 34.3 Å². The molecule has 6 nitrogen and oxygen atoms in total. The van der Waals surface area contributed by atoms with Gasteiger partial charge < -0.3 is 15.1 Å². The Labute approximate surface area is 161 Å². The molecule has 0 aromatic heterocycles. The lowest BCUT2D eigenvalue weighted by atomic mass is 10.1. The van der Waals surface area contributed by atoms with Crippen molar-refractivity contribution < 1.29 is 18.8 Å². The normalized spacial score (nSPS) is 18.6. The number of anilines is 1. The van der Waals surface area contributed by atoms with E-state index in [0.29, 0.717) is 29.8 Å². The van der Waals surface area contributed by atoms with Crippen LogP contribution in [0, 0.1) is 5.82 Å². The van der Waals surface area contributed by atoms with Crippen LogP contribution in [-0.2, 0) is 22.7 Å². The molecular weight excluding hydrogens is 361 g/mol. The standard InChI is InChI=1S/C21H20FN3O3/c1-24-11-13-6-7-15(10-16(13)21(24)28)23-20(27)18-8-9-19(26)25(18)12-14-4-2-3-5-17(14)22/h2-7,10,18H,8-9,11-12H2,1H3,(H,23,27). The highest BCUT2D eigenvalue weighted by Gasteiger charge is 2.36. The number of hydrogen-bond donors (Lipinski definition) is 1. The first-order valence-electron chi connectivity index (χ1n) is 9.16. The smallest absolute Gasteiger partial charge is 0.254 e. The molecule has 0 radical (unpaired) electrons. The van der Waals surface area contributed by atoms with Gasteiger partial charge in [0.15, 0.2) is 0 Å². The Morgan fingerprint density at radius 3 is 2.79 bits per heavy atom. The summed E-state index contributed by atoms with van der Waals surface area (Å²) in [6, 6.07) is 10.8. The van der Waals surface area contributed by atoms with Crippen LogP contribution in [0.15, 0.2) is 42.5 Å². The Morgan fingerprint density at radius 1 is 1.21 bits per heavy atom. The van der Waals surface area contributed by atoms with Gasteiger partial charge in [-0.3, -0.25) is 14.4 Å². The zero-order chi connectivity index (χ0) is 19.8. The lowest BCUT2D eigenvalue weighted by Gasteiger charge is -2.24. The molecule has 2 aromatic rings.